The molecule has 0 aliphatic heterocycles. The molecule has 0 unspecified atom stereocenters. The number of ether oxygens (including phenoxy) is 1. The Labute approximate surface area is 140 Å². The summed E-state index contributed by atoms with van der Waals surface area (Å²) >= 11 is 3.29. The number of hydrogen-bond donors (Lipinski definition) is 2. The maximum Gasteiger partial charge on any atom is 0.276 e. The fourth-order valence-corrected chi connectivity index (χ4v) is 1.95. The Kier molecular flexibility index (Phi) is 6.10. The average Bonchev–Trinajstić information content (AvgIpc) is 2.54. The molecule has 0 saturated heterocycles. The van der Waals surface area contributed by atoms with Crippen molar-refractivity contribution in [2.45, 2.75) is 6.42 Å². The minimum atomic E-state index is -0.486. The van der Waals surface area contributed by atoms with E-state index in [9.17, 15) is 14.0 Å². The molecule has 0 atom stereocenters. The van der Waals surface area contributed by atoms with Crippen molar-refractivity contribution in [1.29, 1.82) is 0 Å². The van der Waals surface area contributed by atoms with Crippen molar-refractivity contribution in [2.75, 3.05) is 6.61 Å². The lowest BCUT2D eigenvalue weighted by Crippen LogP contribution is -2.44. The van der Waals surface area contributed by atoms with Crippen molar-refractivity contribution < 1.29 is 18.7 Å². The minimum absolute atomic E-state index is 0.0358. The first-order valence-electron chi connectivity index (χ1n) is 6.73. The van der Waals surface area contributed by atoms with E-state index >= 15 is 0 Å². The van der Waals surface area contributed by atoms with Gasteiger partial charge in [0, 0.05) is 4.47 Å². The van der Waals surface area contributed by atoms with Gasteiger partial charge in [-0.05, 0) is 42.0 Å². The van der Waals surface area contributed by atoms with Gasteiger partial charge in [0.25, 0.3) is 5.91 Å². The highest BCUT2D eigenvalue weighted by molar-refractivity contribution is 9.10. The number of halogens is 2. The molecular formula is C16H14BrFN2O3. The summed E-state index contributed by atoms with van der Waals surface area (Å²) in [5.41, 5.74) is 5.16. The standard InChI is InChI=1S/C16H14BrFN2O3/c17-12-3-7-14(8-4-12)23-10-16(22)20-19-15(21)9-11-1-5-13(18)6-2-11/h1-8H,9-10H2,(H,19,21)(H,20,22). The minimum Gasteiger partial charge on any atom is -0.484 e. The molecule has 0 radical (unpaired) electrons. The summed E-state index contributed by atoms with van der Waals surface area (Å²) in [7, 11) is 0. The summed E-state index contributed by atoms with van der Waals surface area (Å²) in [4.78, 5) is 23.2. The molecule has 0 spiro atoms. The van der Waals surface area contributed by atoms with Gasteiger partial charge in [-0.2, -0.15) is 0 Å². The molecule has 2 rings (SSSR count). The van der Waals surface area contributed by atoms with Crippen molar-refractivity contribution in [3.05, 3.63) is 64.4 Å². The zero-order valence-electron chi connectivity index (χ0n) is 12.0. The molecule has 5 nitrogen and oxygen atoms in total. The van der Waals surface area contributed by atoms with Crippen LogP contribution in [0.4, 0.5) is 4.39 Å². The van der Waals surface area contributed by atoms with E-state index in [4.69, 9.17) is 4.74 Å². The summed E-state index contributed by atoms with van der Waals surface area (Å²) in [5, 5.41) is 0. The summed E-state index contributed by atoms with van der Waals surface area (Å²) in [6.45, 7) is -0.224. The maximum absolute atomic E-state index is 12.8. The zero-order valence-corrected chi connectivity index (χ0v) is 13.6. The molecule has 23 heavy (non-hydrogen) atoms. The Hall–Kier alpha value is -2.41. The number of rotatable bonds is 5. The largest absolute Gasteiger partial charge is 0.484 e. The van der Waals surface area contributed by atoms with E-state index < -0.39 is 11.8 Å². The quantitative estimate of drug-likeness (QED) is 0.782. The van der Waals surface area contributed by atoms with Crippen molar-refractivity contribution in [3.8, 4) is 5.75 Å². The SMILES string of the molecule is O=C(COc1ccc(Br)cc1)NNC(=O)Cc1ccc(F)cc1. The third-order valence-electron chi connectivity index (χ3n) is 2.80. The molecule has 0 heterocycles. The lowest BCUT2D eigenvalue weighted by molar-refractivity contribution is -0.129. The average molecular weight is 381 g/mol. The van der Waals surface area contributed by atoms with E-state index in [2.05, 4.69) is 26.8 Å². The van der Waals surface area contributed by atoms with Crippen LogP contribution in [0.25, 0.3) is 0 Å². The second-order valence-corrected chi connectivity index (χ2v) is 5.56. The molecule has 0 saturated carbocycles. The number of carbonyl (C=O) groups is 2. The van der Waals surface area contributed by atoms with E-state index in [0.29, 0.717) is 11.3 Å². The van der Waals surface area contributed by atoms with Gasteiger partial charge in [0.1, 0.15) is 11.6 Å². The number of hydrogen-bond acceptors (Lipinski definition) is 3. The van der Waals surface area contributed by atoms with E-state index in [1.807, 2.05) is 0 Å². The Bertz CT molecular complexity index is 675. The molecule has 2 amide bonds. The van der Waals surface area contributed by atoms with Gasteiger partial charge in [-0.3, -0.25) is 20.4 Å². The van der Waals surface area contributed by atoms with Crippen LogP contribution in [0.15, 0.2) is 53.0 Å². The monoisotopic (exact) mass is 380 g/mol. The van der Waals surface area contributed by atoms with Crippen molar-refractivity contribution in [2.24, 2.45) is 0 Å². The summed E-state index contributed by atoms with van der Waals surface area (Å²) < 4.78 is 18.9. The molecule has 2 N–H and O–H groups in total. The number of hydrazine groups is 1. The highest BCUT2D eigenvalue weighted by atomic mass is 79.9. The fraction of sp³-hybridized carbons (Fsp3) is 0.125. The van der Waals surface area contributed by atoms with Crippen LogP contribution in [-0.4, -0.2) is 18.4 Å². The van der Waals surface area contributed by atoms with Gasteiger partial charge in [-0.25, -0.2) is 4.39 Å². The number of amides is 2. The van der Waals surface area contributed by atoms with Crippen LogP contribution in [0.1, 0.15) is 5.56 Å². The predicted octanol–water partition coefficient (Wildman–Crippen LogP) is 2.36. The first-order valence-corrected chi connectivity index (χ1v) is 7.53. The molecule has 120 valence electrons. The predicted molar refractivity (Wildman–Crippen MR) is 86.0 cm³/mol. The third-order valence-corrected chi connectivity index (χ3v) is 3.33. The summed E-state index contributed by atoms with van der Waals surface area (Å²) in [6.07, 6.45) is 0.0358. The Morgan fingerprint density at radius 3 is 2.22 bits per heavy atom. The first-order chi connectivity index (χ1) is 11.0. The molecule has 2 aromatic rings. The van der Waals surface area contributed by atoms with Gasteiger partial charge in [0.15, 0.2) is 6.61 Å². The second kappa shape index (κ2) is 8.28. The van der Waals surface area contributed by atoms with Gasteiger partial charge in [-0.1, -0.05) is 28.1 Å². The maximum atomic E-state index is 12.8. The van der Waals surface area contributed by atoms with Gasteiger partial charge < -0.3 is 4.74 Å². The number of nitrogens with one attached hydrogen (secondary N) is 2. The van der Waals surface area contributed by atoms with Gasteiger partial charge in [0.05, 0.1) is 6.42 Å². The molecule has 7 heteroatoms. The van der Waals surface area contributed by atoms with Crippen LogP contribution < -0.4 is 15.6 Å². The zero-order chi connectivity index (χ0) is 16.7. The lowest BCUT2D eigenvalue weighted by atomic mass is 10.1. The van der Waals surface area contributed by atoms with Crippen LogP contribution in [-0.2, 0) is 16.0 Å². The summed E-state index contributed by atoms with van der Waals surface area (Å²) in [6, 6.07) is 12.6. The summed E-state index contributed by atoms with van der Waals surface area (Å²) in [5.74, 6) is -0.720. The van der Waals surface area contributed by atoms with Crippen LogP contribution in [0.2, 0.25) is 0 Å². The molecule has 0 bridgehead atoms. The van der Waals surface area contributed by atoms with E-state index in [0.717, 1.165) is 4.47 Å². The smallest absolute Gasteiger partial charge is 0.276 e. The van der Waals surface area contributed by atoms with Gasteiger partial charge in [-0.15, -0.1) is 0 Å². The molecule has 0 aromatic heterocycles. The van der Waals surface area contributed by atoms with Crippen LogP contribution in [0, 0.1) is 5.82 Å². The normalized spacial score (nSPS) is 10.0. The number of benzene rings is 2. The molecule has 2 aromatic carbocycles. The van der Waals surface area contributed by atoms with E-state index in [1.54, 1.807) is 24.3 Å². The fourth-order valence-electron chi connectivity index (χ4n) is 1.69. The molecule has 0 aliphatic rings. The van der Waals surface area contributed by atoms with E-state index in [-0.39, 0.29) is 18.8 Å². The first kappa shape index (κ1) is 17.0. The second-order valence-electron chi connectivity index (χ2n) is 4.64. The Balaban J connectivity index is 1.70. The Morgan fingerprint density at radius 1 is 0.957 bits per heavy atom. The number of carbonyl (C=O) groups excluding carboxylic acids is 2. The topological polar surface area (TPSA) is 67.4 Å². The van der Waals surface area contributed by atoms with Crippen molar-refractivity contribution >= 4 is 27.7 Å². The van der Waals surface area contributed by atoms with Crippen LogP contribution in [0.5, 0.6) is 5.75 Å². The lowest BCUT2D eigenvalue weighted by Gasteiger charge is -2.09. The molecule has 0 aliphatic carbocycles. The van der Waals surface area contributed by atoms with Gasteiger partial charge in [0.2, 0.25) is 5.91 Å². The van der Waals surface area contributed by atoms with Crippen molar-refractivity contribution in [3.63, 3.8) is 0 Å². The van der Waals surface area contributed by atoms with Crippen LogP contribution in [0.3, 0.4) is 0 Å². The van der Waals surface area contributed by atoms with Crippen LogP contribution >= 0.6 is 15.9 Å². The van der Waals surface area contributed by atoms with Gasteiger partial charge >= 0.3 is 0 Å². The molecular weight excluding hydrogens is 367 g/mol. The van der Waals surface area contributed by atoms with Crippen molar-refractivity contribution in [1.82, 2.24) is 10.9 Å². The third kappa shape index (κ3) is 6.07. The molecule has 0 fully saturated rings. The highest BCUT2D eigenvalue weighted by Crippen LogP contribution is 2.15. The highest BCUT2D eigenvalue weighted by Gasteiger charge is 2.07. The Morgan fingerprint density at radius 2 is 1.57 bits per heavy atom. The van der Waals surface area contributed by atoms with E-state index in [1.165, 1.54) is 24.3 Å².